The normalized spacial score (nSPS) is 27.5. The van der Waals surface area contributed by atoms with Gasteiger partial charge in [-0.15, -0.1) is 6.58 Å². The SMILES string of the molecule is C=CC1CCC(C2CCC(CCc3cnc(-c4ccc(Cl)cc4)nc3)CC2)CC1. The highest BCUT2D eigenvalue weighted by molar-refractivity contribution is 6.30. The Balaban J connectivity index is 1.21. The number of nitrogens with zero attached hydrogens (tertiary/aromatic N) is 2. The summed E-state index contributed by atoms with van der Waals surface area (Å²) in [5.74, 6) is 4.42. The Morgan fingerprint density at radius 2 is 1.45 bits per heavy atom. The van der Waals surface area contributed by atoms with Gasteiger partial charge < -0.3 is 0 Å². The third-order valence-electron chi connectivity index (χ3n) is 7.36. The highest BCUT2D eigenvalue weighted by Crippen LogP contribution is 2.42. The second-order valence-corrected chi connectivity index (χ2v) is 9.59. The van der Waals surface area contributed by atoms with E-state index >= 15 is 0 Å². The van der Waals surface area contributed by atoms with Crippen LogP contribution in [0.4, 0.5) is 0 Å². The molecule has 2 aliphatic rings. The van der Waals surface area contributed by atoms with Crippen LogP contribution in [0, 0.1) is 23.7 Å². The van der Waals surface area contributed by atoms with E-state index in [-0.39, 0.29) is 0 Å². The lowest BCUT2D eigenvalue weighted by molar-refractivity contribution is 0.153. The van der Waals surface area contributed by atoms with Gasteiger partial charge in [-0.2, -0.15) is 0 Å². The Bertz CT molecular complexity index is 767. The minimum Gasteiger partial charge on any atom is -0.236 e. The Morgan fingerprint density at radius 3 is 2.03 bits per heavy atom. The van der Waals surface area contributed by atoms with E-state index in [0.717, 1.165) is 46.5 Å². The molecule has 1 aromatic heterocycles. The summed E-state index contributed by atoms with van der Waals surface area (Å²) < 4.78 is 0. The molecule has 2 fully saturated rings. The van der Waals surface area contributed by atoms with E-state index in [9.17, 15) is 0 Å². The van der Waals surface area contributed by atoms with E-state index in [1.807, 2.05) is 36.7 Å². The Kier molecular flexibility index (Phi) is 7.02. The van der Waals surface area contributed by atoms with E-state index in [4.69, 9.17) is 11.6 Å². The first kappa shape index (κ1) is 20.6. The van der Waals surface area contributed by atoms with Gasteiger partial charge in [0.05, 0.1) is 0 Å². The van der Waals surface area contributed by atoms with Crippen LogP contribution in [0.15, 0.2) is 49.3 Å². The summed E-state index contributed by atoms with van der Waals surface area (Å²) in [4.78, 5) is 9.13. The van der Waals surface area contributed by atoms with Crippen molar-refractivity contribution in [1.82, 2.24) is 9.97 Å². The van der Waals surface area contributed by atoms with Gasteiger partial charge in [0.25, 0.3) is 0 Å². The third kappa shape index (κ3) is 5.48. The molecule has 2 nitrogen and oxygen atoms in total. The summed E-state index contributed by atoms with van der Waals surface area (Å²) in [5, 5.41) is 0.740. The zero-order valence-electron chi connectivity index (χ0n) is 17.4. The fourth-order valence-corrected chi connectivity index (χ4v) is 5.53. The smallest absolute Gasteiger partial charge is 0.159 e. The van der Waals surface area contributed by atoms with E-state index in [0.29, 0.717) is 0 Å². The Labute approximate surface area is 180 Å². The van der Waals surface area contributed by atoms with Crippen LogP contribution in [0.1, 0.15) is 63.4 Å². The van der Waals surface area contributed by atoms with Crippen molar-refractivity contribution in [3.63, 3.8) is 0 Å². The zero-order chi connectivity index (χ0) is 20.1. The van der Waals surface area contributed by atoms with Crippen molar-refractivity contribution in [2.24, 2.45) is 23.7 Å². The topological polar surface area (TPSA) is 25.8 Å². The summed E-state index contributed by atoms with van der Waals surface area (Å²) in [5.41, 5.74) is 2.27. The second-order valence-electron chi connectivity index (χ2n) is 9.15. The molecule has 0 saturated heterocycles. The molecule has 2 aromatic rings. The molecule has 154 valence electrons. The van der Waals surface area contributed by atoms with Gasteiger partial charge in [0.15, 0.2) is 5.82 Å². The number of halogens is 1. The maximum Gasteiger partial charge on any atom is 0.159 e. The van der Waals surface area contributed by atoms with Crippen molar-refractivity contribution in [1.29, 1.82) is 0 Å². The van der Waals surface area contributed by atoms with Crippen LogP contribution in [0.25, 0.3) is 11.4 Å². The van der Waals surface area contributed by atoms with Crippen LogP contribution < -0.4 is 0 Å². The molecule has 2 saturated carbocycles. The Morgan fingerprint density at radius 1 is 0.862 bits per heavy atom. The fourth-order valence-electron chi connectivity index (χ4n) is 5.40. The highest BCUT2D eigenvalue weighted by Gasteiger charge is 2.30. The van der Waals surface area contributed by atoms with Crippen molar-refractivity contribution >= 4 is 11.6 Å². The van der Waals surface area contributed by atoms with Crippen molar-refractivity contribution in [2.45, 2.75) is 64.2 Å². The molecule has 1 heterocycles. The molecular formula is C26H33ClN2. The number of benzene rings is 1. The number of aromatic nitrogens is 2. The van der Waals surface area contributed by atoms with Crippen LogP contribution in [0.3, 0.4) is 0 Å². The first-order valence-corrected chi connectivity index (χ1v) is 11.8. The zero-order valence-corrected chi connectivity index (χ0v) is 18.2. The second kappa shape index (κ2) is 9.89. The molecule has 0 spiro atoms. The van der Waals surface area contributed by atoms with Gasteiger partial charge in [-0.05, 0) is 105 Å². The fraction of sp³-hybridized carbons (Fsp3) is 0.538. The molecule has 0 N–H and O–H groups in total. The molecule has 0 unspecified atom stereocenters. The molecule has 2 aliphatic carbocycles. The van der Waals surface area contributed by atoms with Gasteiger partial charge in [0, 0.05) is 23.0 Å². The van der Waals surface area contributed by atoms with Crippen LogP contribution in [0.5, 0.6) is 0 Å². The predicted octanol–water partition coefficient (Wildman–Crippen LogP) is 7.53. The lowest BCUT2D eigenvalue weighted by Crippen LogP contribution is -2.25. The summed E-state index contributed by atoms with van der Waals surface area (Å²) in [6.07, 6.45) is 19.9. The summed E-state index contributed by atoms with van der Waals surface area (Å²) in [7, 11) is 0. The van der Waals surface area contributed by atoms with E-state index in [1.165, 1.54) is 63.4 Å². The highest BCUT2D eigenvalue weighted by atomic mass is 35.5. The largest absolute Gasteiger partial charge is 0.236 e. The predicted molar refractivity (Wildman–Crippen MR) is 122 cm³/mol. The number of rotatable bonds is 6. The van der Waals surface area contributed by atoms with E-state index in [1.54, 1.807) is 0 Å². The van der Waals surface area contributed by atoms with Gasteiger partial charge in [0.2, 0.25) is 0 Å². The maximum absolute atomic E-state index is 5.96. The number of hydrogen-bond donors (Lipinski definition) is 0. The average molecular weight is 409 g/mol. The molecule has 3 heteroatoms. The van der Waals surface area contributed by atoms with Crippen LogP contribution in [-0.2, 0) is 6.42 Å². The van der Waals surface area contributed by atoms with Gasteiger partial charge in [-0.1, -0.05) is 30.5 Å². The third-order valence-corrected chi connectivity index (χ3v) is 7.61. The van der Waals surface area contributed by atoms with Crippen LogP contribution >= 0.6 is 11.6 Å². The lowest BCUT2D eigenvalue weighted by atomic mass is 9.68. The molecule has 4 rings (SSSR count). The number of hydrogen-bond acceptors (Lipinski definition) is 2. The summed E-state index contributed by atoms with van der Waals surface area (Å²) in [6, 6.07) is 7.71. The van der Waals surface area contributed by atoms with Crippen LogP contribution in [-0.4, -0.2) is 9.97 Å². The number of aryl methyl sites for hydroxylation is 1. The molecule has 0 atom stereocenters. The summed E-state index contributed by atoms with van der Waals surface area (Å²) in [6.45, 7) is 3.99. The standard InChI is InChI=1S/C26H33ClN2/c1-2-19-5-9-22(10-6-19)23-11-7-20(8-12-23)3-4-21-17-28-26(29-18-21)24-13-15-25(27)16-14-24/h2,13-20,22-23H,1,3-12H2. The molecule has 0 bridgehead atoms. The van der Waals surface area contributed by atoms with Crippen molar-refractivity contribution in [3.8, 4) is 11.4 Å². The molecule has 0 amide bonds. The van der Waals surface area contributed by atoms with Gasteiger partial charge in [-0.25, -0.2) is 9.97 Å². The Hall–Kier alpha value is -1.67. The summed E-state index contributed by atoms with van der Waals surface area (Å²) >= 11 is 5.96. The lowest BCUT2D eigenvalue weighted by Gasteiger charge is -2.37. The van der Waals surface area contributed by atoms with Gasteiger partial charge >= 0.3 is 0 Å². The van der Waals surface area contributed by atoms with Gasteiger partial charge in [0.1, 0.15) is 0 Å². The van der Waals surface area contributed by atoms with E-state index in [2.05, 4.69) is 22.6 Å². The average Bonchev–Trinajstić information content (AvgIpc) is 2.79. The first-order chi connectivity index (χ1) is 14.2. The monoisotopic (exact) mass is 408 g/mol. The van der Waals surface area contributed by atoms with Crippen molar-refractivity contribution in [2.75, 3.05) is 0 Å². The maximum atomic E-state index is 5.96. The molecular weight excluding hydrogens is 376 g/mol. The van der Waals surface area contributed by atoms with E-state index < -0.39 is 0 Å². The molecule has 0 radical (unpaired) electrons. The quantitative estimate of drug-likeness (QED) is 0.461. The molecule has 0 aliphatic heterocycles. The minimum atomic E-state index is 0.740. The first-order valence-electron chi connectivity index (χ1n) is 11.4. The van der Waals surface area contributed by atoms with Crippen LogP contribution in [0.2, 0.25) is 5.02 Å². The van der Waals surface area contributed by atoms with Crippen molar-refractivity contribution < 1.29 is 0 Å². The minimum absolute atomic E-state index is 0.740. The van der Waals surface area contributed by atoms with Crippen molar-refractivity contribution in [3.05, 3.63) is 59.9 Å². The molecule has 29 heavy (non-hydrogen) atoms. The molecule has 1 aromatic carbocycles. The van der Waals surface area contributed by atoms with Gasteiger partial charge in [-0.3, -0.25) is 0 Å². The number of allylic oxidation sites excluding steroid dienone is 1.